The maximum atomic E-state index is 13.3. The zero-order valence-corrected chi connectivity index (χ0v) is 21.4. The van der Waals surface area contributed by atoms with Gasteiger partial charge in [0, 0.05) is 11.6 Å². The molecular formula is C27H33ClN2O4. The Labute approximate surface area is 206 Å². The van der Waals surface area contributed by atoms with E-state index >= 15 is 0 Å². The smallest absolute Gasteiger partial charge is 0.295 e. The molecule has 0 aliphatic carbocycles. The minimum Gasteiger partial charge on any atom is -0.507 e. The lowest BCUT2D eigenvalue weighted by atomic mass is 9.85. The molecule has 1 N–H and O–H groups in total. The van der Waals surface area contributed by atoms with Gasteiger partial charge in [-0.15, -0.1) is 0 Å². The Bertz CT molecular complexity index is 1100. The number of rotatable bonds is 7. The van der Waals surface area contributed by atoms with Crippen molar-refractivity contribution >= 4 is 29.1 Å². The SMILES string of the molecule is COc1ccc(C(C)(C)C)cc1/C(O)=C1\C(=O)C(=O)N(CCCN(C)C)C1c1ccc(Cl)cc1. The van der Waals surface area contributed by atoms with E-state index < -0.39 is 17.7 Å². The molecule has 0 spiro atoms. The van der Waals surface area contributed by atoms with Crippen LogP contribution in [0.3, 0.4) is 0 Å². The number of amides is 1. The predicted octanol–water partition coefficient (Wildman–Crippen LogP) is 5.02. The molecule has 3 rings (SSSR count). The number of hydrogen-bond acceptors (Lipinski definition) is 5. The molecule has 182 valence electrons. The van der Waals surface area contributed by atoms with Crippen LogP contribution in [0, 0.1) is 0 Å². The van der Waals surface area contributed by atoms with Gasteiger partial charge in [0.2, 0.25) is 0 Å². The summed E-state index contributed by atoms with van der Waals surface area (Å²) in [5.41, 5.74) is 1.94. The minimum atomic E-state index is -0.720. The first-order valence-corrected chi connectivity index (χ1v) is 11.7. The first kappa shape index (κ1) is 25.8. The van der Waals surface area contributed by atoms with Crippen LogP contribution in [-0.4, -0.2) is 60.9 Å². The van der Waals surface area contributed by atoms with Gasteiger partial charge < -0.3 is 19.6 Å². The topological polar surface area (TPSA) is 70.1 Å². The maximum Gasteiger partial charge on any atom is 0.295 e. The van der Waals surface area contributed by atoms with Gasteiger partial charge in [0.15, 0.2) is 0 Å². The fraction of sp³-hybridized carbons (Fsp3) is 0.407. The van der Waals surface area contributed by atoms with E-state index in [0.29, 0.717) is 34.9 Å². The molecule has 34 heavy (non-hydrogen) atoms. The Morgan fingerprint density at radius 3 is 2.32 bits per heavy atom. The maximum absolute atomic E-state index is 13.3. The largest absolute Gasteiger partial charge is 0.507 e. The molecule has 0 radical (unpaired) electrons. The van der Waals surface area contributed by atoms with Gasteiger partial charge in [-0.3, -0.25) is 9.59 Å². The zero-order valence-electron chi connectivity index (χ0n) is 20.7. The number of halogens is 1. The number of aliphatic hydroxyl groups is 1. The Morgan fingerprint density at radius 2 is 1.76 bits per heavy atom. The van der Waals surface area contributed by atoms with Crippen LogP contribution in [0.2, 0.25) is 5.02 Å². The molecule has 7 heteroatoms. The molecule has 1 aliphatic heterocycles. The van der Waals surface area contributed by atoms with Crippen LogP contribution in [0.15, 0.2) is 48.0 Å². The van der Waals surface area contributed by atoms with Crippen molar-refractivity contribution in [1.29, 1.82) is 0 Å². The van der Waals surface area contributed by atoms with Crippen LogP contribution in [0.5, 0.6) is 5.75 Å². The van der Waals surface area contributed by atoms with Gasteiger partial charge in [-0.25, -0.2) is 0 Å². The molecule has 1 amide bonds. The molecule has 1 unspecified atom stereocenters. The molecule has 1 fully saturated rings. The molecular weight excluding hydrogens is 452 g/mol. The fourth-order valence-electron chi connectivity index (χ4n) is 4.16. The normalized spacial score (nSPS) is 18.1. The lowest BCUT2D eigenvalue weighted by Crippen LogP contribution is -2.32. The number of benzene rings is 2. The number of Topliss-reactive ketones (excluding diaryl/α,β-unsaturated/α-hetero) is 1. The number of likely N-dealkylation sites (tertiary alicyclic amines) is 1. The average molecular weight is 485 g/mol. The summed E-state index contributed by atoms with van der Waals surface area (Å²) in [6, 6.07) is 11.8. The molecule has 1 heterocycles. The molecule has 6 nitrogen and oxygen atoms in total. The summed E-state index contributed by atoms with van der Waals surface area (Å²) in [6.45, 7) is 7.34. The summed E-state index contributed by atoms with van der Waals surface area (Å²) in [7, 11) is 5.43. The van der Waals surface area contributed by atoms with Crippen LogP contribution in [0.25, 0.3) is 5.76 Å². The van der Waals surface area contributed by atoms with E-state index in [0.717, 1.165) is 12.1 Å². The number of methoxy groups -OCH3 is 1. The third kappa shape index (κ3) is 5.29. The number of carbonyl (C=O) groups excluding carboxylic acids is 2. The van der Waals surface area contributed by atoms with Gasteiger partial charge in [0.25, 0.3) is 11.7 Å². The highest BCUT2D eigenvalue weighted by molar-refractivity contribution is 6.46. The molecule has 0 saturated carbocycles. The second-order valence-corrected chi connectivity index (χ2v) is 10.3. The van der Waals surface area contributed by atoms with Gasteiger partial charge in [0.05, 0.1) is 24.3 Å². The van der Waals surface area contributed by atoms with Crippen LogP contribution < -0.4 is 4.74 Å². The van der Waals surface area contributed by atoms with Crippen molar-refractivity contribution in [2.24, 2.45) is 0 Å². The average Bonchev–Trinajstić information content (AvgIpc) is 3.03. The summed E-state index contributed by atoms with van der Waals surface area (Å²) in [6.07, 6.45) is 0.687. The van der Waals surface area contributed by atoms with Crippen LogP contribution in [-0.2, 0) is 15.0 Å². The van der Waals surface area contributed by atoms with Gasteiger partial charge >= 0.3 is 0 Å². The van der Waals surface area contributed by atoms with Crippen molar-refractivity contribution in [3.05, 3.63) is 69.8 Å². The number of nitrogens with zero attached hydrogens (tertiary/aromatic N) is 2. The van der Waals surface area contributed by atoms with E-state index in [4.69, 9.17) is 16.3 Å². The second-order valence-electron chi connectivity index (χ2n) is 9.87. The summed E-state index contributed by atoms with van der Waals surface area (Å²) in [5.74, 6) is -1.13. The van der Waals surface area contributed by atoms with E-state index in [1.807, 2.05) is 31.1 Å². The first-order valence-electron chi connectivity index (χ1n) is 11.3. The Kier molecular flexibility index (Phi) is 7.74. The molecule has 0 aromatic heterocycles. The quantitative estimate of drug-likeness (QED) is 0.339. The van der Waals surface area contributed by atoms with Crippen LogP contribution in [0.1, 0.15) is 49.9 Å². The van der Waals surface area contributed by atoms with E-state index in [1.165, 1.54) is 7.11 Å². The van der Waals surface area contributed by atoms with E-state index in [1.54, 1.807) is 35.2 Å². The minimum absolute atomic E-state index is 0.0570. The molecule has 0 bridgehead atoms. The molecule has 2 aromatic carbocycles. The van der Waals surface area contributed by atoms with E-state index in [-0.39, 0.29) is 16.7 Å². The van der Waals surface area contributed by atoms with Gasteiger partial charge in [0.1, 0.15) is 11.5 Å². The van der Waals surface area contributed by atoms with Crippen LogP contribution in [0.4, 0.5) is 0 Å². The number of ketones is 1. The predicted molar refractivity (Wildman–Crippen MR) is 135 cm³/mol. The van der Waals surface area contributed by atoms with Crippen LogP contribution >= 0.6 is 11.6 Å². The Morgan fingerprint density at radius 1 is 1.12 bits per heavy atom. The van der Waals surface area contributed by atoms with Gasteiger partial charge in [-0.2, -0.15) is 0 Å². The van der Waals surface area contributed by atoms with Crippen molar-refractivity contribution in [1.82, 2.24) is 9.80 Å². The van der Waals surface area contributed by atoms with Crippen molar-refractivity contribution in [3.63, 3.8) is 0 Å². The van der Waals surface area contributed by atoms with Crippen molar-refractivity contribution in [2.75, 3.05) is 34.3 Å². The van der Waals surface area contributed by atoms with Gasteiger partial charge in [-0.1, -0.05) is 50.6 Å². The highest BCUT2D eigenvalue weighted by atomic mass is 35.5. The van der Waals surface area contributed by atoms with Gasteiger partial charge in [-0.05, 0) is 67.9 Å². The lowest BCUT2D eigenvalue weighted by molar-refractivity contribution is -0.139. The summed E-state index contributed by atoms with van der Waals surface area (Å²) in [5, 5.41) is 12.0. The monoisotopic (exact) mass is 484 g/mol. The number of aliphatic hydroxyl groups excluding tert-OH is 1. The van der Waals surface area contributed by atoms with Crippen molar-refractivity contribution in [2.45, 2.75) is 38.6 Å². The third-order valence-electron chi connectivity index (χ3n) is 6.05. The highest BCUT2D eigenvalue weighted by Crippen LogP contribution is 2.42. The third-order valence-corrected chi connectivity index (χ3v) is 6.30. The lowest BCUT2D eigenvalue weighted by Gasteiger charge is -2.26. The van der Waals surface area contributed by atoms with Crippen molar-refractivity contribution in [3.8, 4) is 5.75 Å². The Balaban J connectivity index is 2.19. The summed E-state index contributed by atoms with van der Waals surface area (Å²) in [4.78, 5) is 30.0. The van der Waals surface area contributed by atoms with E-state index in [2.05, 4.69) is 20.8 Å². The summed E-state index contributed by atoms with van der Waals surface area (Å²) >= 11 is 6.09. The molecule has 2 aromatic rings. The Hall–Kier alpha value is -2.83. The number of carbonyl (C=O) groups is 2. The highest BCUT2D eigenvalue weighted by Gasteiger charge is 2.46. The second kappa shape index (κ2) is 10.2. The van der Waals surface area contributed by atoms with Crippen molar-refractivity contribution < 1.29 is 19.4 Å². The first-order chi connectivity index (χ1) is 16.0. The number of ether oxygens (including phenoxy) is 1. The molecule has 1 aliphatic rings. The molecule has 1 saturated heterocycles. The van der Waals surface area contributed by atoms with E-state index in [9.17, 15) is 14.7 Å². The number of hydrogen-bond donors (Lipinski definition) is 1. The zero-order chi connectivity index (χ0) is 25.2. The summed E-state index contributed by atoms with van der Waals surface area (Å²) < 4.78 is 5.50. The molecule has 1 atom stereocenters. The fourth-order valence-corrected chi connectivity index (χ4v) is 4.29. The standard InChI is InChI=1S/C27H33ClN2O4/c1-27(2,3)18-10-13-21(34-6)20(16-18)24(31)22-23(17-8-11-19(28)12-9-17)30(26(33)25(22)32)15-7-14-29(4)5/h8-13,16,23,31H,7,14-15H2,1-6H3/b24-22+.